The van der Waals surface area contributed by atoms with Crippen molar-refractivity contribution in [3.63, 3.8) is 0 Å². The topological polar surface area (TPSA) is 103 Å². The number of carboxylic acid groups (broad SMARTS) is 1. The van der Waals surface area contributed by atoms with E-state index in [0.29, 0.717) is 11.1 Å². The van der Waals surface area contributed by atoms with Crippen molar-refractivity contribution in [3.8, 4) is 11.1 Å². The highest BCUT2D eigenvalue weighted by molar-refractivity contribution is 5.89. The molecule has 0 bridgehead atoms. The van der Waals surface area contributed by atoms with Crippen LogP contribution in [-0.2, 0) is 0 Å². The number of aryl methyl sites for hydroxylation is 2. The molecule has 2 aromatic heterocycles. The summed E-state index contributed by atoms with van der Waals surface area (Å²) < 4.78 is 39.6. The largest absolute Gasteiger partial charge is 0.478 e. The molecule has 1 aliphatic heterocycles. The van der Waals surface area contributed by atoms with E-state index in [1.165, 1.54) is 30.9 Å². The van der Waals surface area contributed by atoms with E-state index in [1.54, 1.807) is 0 Å². The molecule has 3 heterocycles. The summed E-state index contributed by atoms with van der Waals surface area (Å²) in [7, 11) is 0. The van der Waals surface area contributed by atoms with Crippen molar-refractivity contribution in [2.75, 3.05) is 10.3 Å². The lowest BCUT2D eigenvalue weighted by Gasteiger charge is -2.23. The number of aromatic carboxylic acids is 1. The Kier molecular flexibility index (Phi) is 5.73. The number of hydrazine groups is 1. The van der Waals surface area contributed by atoms with Crippen LogP contribution < -0.4 is 15.8 Å². The van der Waals surface area contributed by atoms with Gasteiger partial charge in [-0.2, -0.15) is 18.2 Å². The Hall–Kier alpha value is -3.99. The number of nitrogens with one attached hydrogen (secondary N) is 2. The molecule has 0 radical (unpaired) electrons. The van der Waals surface area contributed by atoms with E-state index in [0.717, 1.165) is 27.9 Å². The second-order valence-electron chi connectivity index (χ2n) is 7.56. The van der Waals surface area contributed by atoms with Crippen LogP contribution in [-0.4, -0.2) is 38.2 Å². The lowest BCUT2D eigenvalue weighted by Crippen LogP contribution is -2.44. The summed E-state index contributed by atoms with van der Waals surface area (Å²) in [5, 5.41) is 13.5. The molecule has 8 nitrogen and oxygen atoms in total. The number of pyridine rings is 1. The first-order valence-corrected chi connectivity index (χ1v) is 9.81. The Bertz CT molecular complexity index is 1220. The number of benzene rings is 1. The van der Waals surface area contributed by atoms with Crippen LogP contribution in [0.1, 0.15) is 21.5 Å². The average Bonchev–Trinajstić information content (AvgIpc) is 3.24. The van der Waals surface area contributed by atoms with Crippen molar-refractivity contribution in [2.24, 2.45) is 0 Å². The first-order valence-electron chi connectivity index (χ1n) is 9.81. The zero-order valence-electron chi connectivity index (χ0n) is 17.6. The van der Waals surface area contributed by atoms with Crippen LogP contribution in [0.3, 0.4) is 0 Å². The van der Waals surface area contributed by atoms with E-state index < -0.39 is 18.2 Å². The third-order valence-electron chi connectivity index (χ3n) is 4.83. The van der Waals surface area contributed by atoms with Crippen LogP contribution in [0.2, 0.25) is 0 Å². The number of carbonyl (C=O) groups is 1. The first-order chi connectivity index (χ1) is 15.6. The number of carboxylic acids is 1. The summed E-state index contributed by atoms with van der Waals surface area (Å²) in [5.74, 6) is -0.924. The highest BCUT2D eigenvalue weighted by atomic mass is 19.4. The molecule has 0 saturated heterocycles. The molecule has 3 aromatic rings. The SMILES string of the molecule is Cc1cc(C)cc(Nc2ncc(-c3cncc(C(=O)O)c3)c(N3C=CC(C(F)(F)F)N3)n2)c1. The number of hydrogen-bond acceptors (Lipinski definition) is 7. The molecular formula is C22H19F3N6O2. The predicted molar refractivity (Wildman–Crippen MR) is 116 cm³/mol. The highest BCUT2D eigenvalue weighted by Gasteiger charge is 2.41. The van der Waals surface area contributed by atoms with Crippen molar-refractivity contribution >= 4 is 23.4 Å². The number of alkyl halides is 3. The molecule has 3 N–H and O–H groups in total. The molecule has 0 spiro atoms. The summed E-state index contributed by atoms with van der Waals surface area (Å²) in [6.45, 7) is 3.87. The molecule has 1 aliphatic rings. The molecule has 11 heteroatoms. The van der Waals surface area contributed by atoms with Crippen LogP contribution in [0, 0.1) is 13.8 Å². The van der Waals surface area contributed by atoms with Crippen LogP contribution in [0.25, 0.3) is 11.1 Å². The Labute approximate surface area is 186 Å². The molecule has 0 fully saturated rings. The van der Waals surface area contributed by atoms with Crippen molar-refractivity contribution in [1.82, 2.24) is 20.4 Å². The fraction of sp³-hybridized carbons (Fsp3) is 0.182. The van der Waals surface area contributed by atoms with Crippen molar-refractivity contribution < 1.29 is 23.1 Å². The Morgan fingerprint density at radius 2 is 1.85 bits per heavy atom. The summed E-state index contributed by atoms with van der Waals surface area (Å²) >= 11 is 0. The van der Waals surface area contributed by atoms with Crippen LogP contribution in [0.15, 0.2) is 55.1 Å². The van der Waals surface area contributed by atoms with Gasteiger partial charge in [-0.1, -0.05) is 6.07 Å². The number of rotatable bonds is 5. The summed E-state index contributed by atoms with van der Waals surface area (Å²) in [6, 6.07) is 5.24. The molecule has 170 valence electrons. The monoisotopic (exact) mass is 456 g/mol. The first kappa shape index (κ1) is 22.2. The van der Waals surface area contributed by atoms with E-state index in [9.17, 15) is 23.1 Å². The second kappa shape index (κ2) is 8.51. The average molecular weight is 456 g/mol. The molecule has 1 unspecified atom stereocenters. The van der Waals surface area contributed by atoms with Gasteiger partial charge in [-0.05, 0) is 49.2 Å². The normalized spacial score (nSPS) is 15.7. The standard InChI is InChI=1S/C22H19F3N6O2/c1-12-5-13(2)7-16(6-12)28-21-27-11-17(14-8-15(20(32)33)10-26-9-14)19(29-21)31-4-3-18(30-31)22(23,24)25/h3-11,18,30H,1-2H3,(H,32,33)(H,27,28,29). The molecule has 33 heavy (non-hydrogen) atoms. The lowest BCUT2D eigenvalue weighted by molar-refractivity contribution is -0.142. The van der Waals surface area contributed by atoms with Crippen LogP contribution in [0.5, 0.6) is 0 Å². The van der Waals surface area contributed by atoms with E-state index in [1.807, 2.05) is 32.0 Å². The molecule has 0 aliphatic carbocycles. The maximum Gasteiger partial charge on any atom is 0.409 e. The van der Waals surface area contributed by atoms with Crippen LogP contribution in [0.4, 0.5) is 30.6 Å². The molecule has 4 rings (SSSR count). The van der Waals surface area contributed by atoms with Gasteiger partial charge in [0, 0.05) is 41.6 Å². The zero-order valence-corrected chi connectivity index (χ0v) is 17.6. The van der Waals surface area contributed by atoms with E-state index in [2.05, 4.69) is 25.7 Å². The van der Waals surface area contributed by atoms with Gasteiger partial charge in [-0.15, -0.1) is 0 Å². The van der Waals surface area contributed by atoms with Gasteiger partial charge in [-0.3, -0.25) is 9.99 Å². The third kappa shape index (κ3) is 4.93. The van der Waals surface area contributed by atoms with Gasteiger partial charge in [0.1, 0.15) is 6.04 Å². The molecular weight excluding hydrogens is 437 g/mol. The van der Waals surface area contributed by atoms with E-state index >= 15 is 0 Å². The smallest absolute Gasteiger partial charge is 0.409 e. The number of halogens is 3. The minimum absolute atomic E-state index is 0.0750. The molecule has 1 aromatic carbocycles. The van der Waals surface area contributed by atoms with E-state index in [-0.39, 0.29) is 17.3 Å². The quantitative estimate of drug-likeness (QED) is 0.520. The van der Waals surface area contributed by atoms with Gasteiger partial charge >= 0.3 is 12.1 Å². The van der Waals surface area contributed by atoms with Crippen LogP contribution >= 0.6 is 0 Å². The van der Waals surface area contributed by atoms with Crippen molar-refractivity contribution in [3.05, 3.63) is 71.8 Å². The van der Waals surface area contributed by atoms with Crippen molar-refractivity contribution in [2.45, 2.75) is 26.1 Å². The fourth-order valence-corrected chi connectivity index (χ4v) is 3.42. The van der Waals surface area contributed by atoms with Crippen molar-refractivity contribution in [1.29, 1.82) is 0 Å². The number of anilines is 3. The highest BCUT2D eigenvalue weighted by Crippen LogP contribution is 2.33. The Morgan fingerprint density at radius 3 is 2.48 bits per heavy atom. The second-order valence-corrected chi connectivity index (χ2v) is 7.56. The zero-order chi connectivity index (χ0) is 23.8. The number of nitrogens with zero attached hydrogens (tertiary/aromatic N) is 4. The molecule has 0 saturated carbocycles. The third-order valence-corrected chi connectivity index (χ3v) is 4.83. The predicted octanol–water partition coefficient (Wildman–Crippen LogP) is 4.37. The van der Waals surface area contributed by atoms with E-state index in [4.69, 9.17) is 0 Å². The van der Waals surface area contributed by atoms with Gasteiger partial charge in [0.2, 0.25) is 5.95 Å². The van der Waals surface area contributed by atoms with Gasteiger partial charge in [-0.25, -0.2) is 15.2 Å². The van der Waals surface area contributed by atoms with Gasteiger partial charge in [0.15, 0.2) is 5.82 Å². The lowest BCUT2D eigenvalue weighted by atomic mass is 10.1. The van der Waals surface area contributed by atoms with Gasteiger partial charge in [0.25, 0.3) is 0 Å². The summed E-state index contributed by atoms with van der Waals surface area (Å²) in [5.41, 5.74) is 5.67. The fourth-order valence-electron chi connectivity index (χ4n) is 3.42. The Balaban J connectivity index is 1.76. The summed E-state index contributed by atoms with van der Waals surface area (Å²) in [4.78, 5) is 24.0. The number of aromatic nitrogens is 3. The number of hydrogen-bond donors (Lipinski definition) is 3. The maximum atomic E-state index is 13.2. The molecule has 0 amide bonds. The Morgan fingerprint density at radius 1 is 1.12 bits per heavy atom. The van der Waals surface area contributed by atoms with Gasteiger partial charge < -0.3 is 10.4 Å². The minimum Gasteiger partial charge on any atom is -0.478 e. The van der Waals surface area contributed by atoms with Gasteiger partial charge in [0.05, 0.1) is 5.56 Å². The summed E-state index contributed by atoms with van der Waals surface area (Å²) in [6.07, 6.45) is 1.67. The maximum absolute atomic E-state index is 13.2. The minimum atomic E-state index is -4.50. The molecule has 1 atom stereocenters.